The first-order valence-corrected chi connectivity index (χ1v) is 6.69. The van der Waals surface area contributed by atoms with Gasteiger partial charge in [-0.1, -0.05) is 18.2 Å². The minimum atomic E-state index is -1.08. The zero-order valence-electron chi connectivity index (χ0n) is 11.5. The van der Waals surface area contributed by atoms with Crippen LogP contribution >= 0.6 is 0 Å². The molecule has 2 atom stereocenters. The smallest absolute Gasteiger partial charge is 0.164 e. The summed E-state index contributed by atoms with van der Waals surface area (Å²) in [5, 5.41) is 33.0. The van der Waals surface area contributed by atoms with Gasteiger partial charge in [-0.25, -0.2) is 9.60 Å². The number of hydrazone groups is 1. The lowest BCUT2D eigenvalue weighted by Gasteiger charge is -2.13. The van der Waals surface area contributed by atoms with Gasteiger partial charge in [0.15, 0.2) is 5.69 Å². The summed E-state index contributed by atoms with van der Waals surface area (Å²) in [6.45, 7) is 0. The van der Waals surface area contributed by atoms with Crippen LogP contribution in [0, 0.1) is 11.0 Å². The molecule has 0 radical (unpaired) electrons. The number of phenolic OH excluding ortho intramolecular Hbond substituents is 1. The van der Waals surface area contributed by atoms with E-state index in [0.717, 1.165) is 0 Å². The lowest BCUT2D eigenvalue weighted by molar-refractivity contribution is -0.991. The predicted octanol–water partition coefficient (Wildman–Crippen LogP) is 1.37. The summed E-state index contributed by atoms with van der Waals surface area (Å²) in [4.78, 5) is 0. The SMILES string of the molecule is [O-][NH+](O)c1ccc(O)c(C2=NNC(c3ccccc3F)C2)c1. The summed E-state index contributed by atoms with van der Waals surface area (Å²) in [5.41, 5.74) is 4.20. The molecule has 0 aromatic heterocycles. The summed E-state index contributed by atoms with van der Waals surface area (Å²) in [7, 11) is 0. The first kappa shape index (κ1) is 14.5. The molecule has 1 aliphatic rings. The lowest BCUT2D eigenvalue weighted by atomic mass is 9.98. The zero-order valence-corrected chi connectivity index (χ0v) is 11.5. The highest BCUT2D eigenvalue weighted by Gasteiger charge is 2.25. The second kappa shape index (κ2) is 5.72. The third-order valence-electron chi connectivity index (χ3n) is 3.59. The fraction of sp³-hybridized carbons (Fsp3) is 0.133. The van der Waals surface area contributed by atoms with Crippen LogP contribution in [-0.2, 0) is 0 Å². The van der Waals surface area contributed by atoms with Crippen molar-refractivity contribution in [3.05, 3.63) is 64.6 Å². The summed E-state index contributed by atoms with van der Waals surface area (Å²) in [5.74, 6) is -0.389. The van der Waals surface area contributed by atoms with Crippen molar-refractivity contribution in [1.29, 1.82) is 0 Å². The van der Waals surface area contributed by atoms with Gasteiger partial charge in [0.25, 0.3) is 0 Å². The van der Waals surface area contributed by atoms with Crippen molar-refractivity contribution in [3.8, 4) is 5.75 Å². The summed E-state index contributed by atoms with van der Waals surface area (Å²) in [6.07, 6.45) is 0.359. The molecule has 0 fully saturated rings. The summed E-state index contributed by atoms with van der Waals surface area (Å²) < 4.78 is 13.8. The molecule has 6 nitrogen and oxygen atoms in total. The fourth-order valence-corrected chi connectivity index (χ4v) is 2.45. The number of nitrogens with zero attached hydrogens (tertiary/aromatic N) is 1. The van der Waals surface area contributed by atoms with Crippen LogP contribution in [-0.4, -0.2) is 16.0 Å². The van der Waals surface area contributed by atoms with Gasteiger partial charge in [0.1, 0.15) is 11.6 Å². The summed E-state index contributed by atoms with van der Waals surface area (Å²) in [6, 6.07) is 10.0. The van der Waals surface area contributed by atoms with Gasteiger partial charge in [-0.3, -0.25) is 0 Å². The third-order valence-corrected chi connectivity index (χ3v) is 3.59. The first-order chi connectivity index (χ1) is 10.6. The Morgan fingerprint density at radius 3 is 2.77 bits per heavy atom. The molecule has 0 saturated heterocycles. The highest BCUT2D eigenvalue weighted by Crippen LogP contribution is 2.30. The number of nitrogens with one attached hydrogen (secondary N) is 2. The van der Waals surface area contributed by atoms with Gasteiger partial charge in [-0.15, -0.1) is 0 Å². The van der Waals surface area contributed by atoms with E-state index >= 15 is 0 Å². The lowest BCUT2D eigenvalue weighted by Crippen LogP contribution is -2.99. The van der Waals surface area contributed by atoms with E-state index in [1.807, 2.05) is 0 Å². The van der Waals surface area contributed by atoms with E-state index in [9.17, 15) is 14.7 Å². The minimum absolute atomic E-state index is 0.0558. The Kier molecular flexibility index (Phi) is 3.76. The predicted molar refractivity (Wildman–Crippen MR) is 77.3 cm³/mol. The van der Waals surface area contributed by atoms with Crippen molar-refractivity contribution >= 4 is 11.4 Å². The standard InChI is InChI=1S/C15H14FN3O3/c16-12-4-2-1-3-10(12)13-8-14(18-17-13)11-7-9(19(21)22)5-6-15(11)20/h1-7,13,17,19-21H,8H2. The maximum absolute atomic E-state index is 13.8. The molecule has 3 rings (SSSR count). The number of hydrogen-bond donors (Lipinski definition) is 4. The normalized spacial score (nSPS) is 18.7. The topological polar surface area (TPSA) is 92.4 Å². The molecule has 0 saturated carbocycles. The number of hydrogen-bond acceptors (Lipinski definition) is 5. The molecule has 7 heteroatoms. The average molecular weight is 303 g/mol. The van der Waals surface area contributed by atoms with Crippen LogP contribution in [0.3, 0.4) is 0 Å². The monoisotopic (exact) mass is 303 g/mol. The molecule has 2 aromatic carbocycles. The van der Waals surface area contributed by atoms with Gasteiger partial charge in [0, 0.05) is 29.7 Å². The molecule has 0 aliphatic carbocycles. The second-order valence-corrected chi connectivity index (χ2v) is 5.00. The van der Waals surface area contributed by atoms with Gasteiger partial charge >= 0.3 is 0 Å². The molecule has 0 bridgehead atoms. The number of rotatable bonds is 3. The Balaban J connectivity index is 1.87. The van der Waals surface area contributed by atoms with Crippen molar-refractivity contribution in [1.82, 2.24) is 5.43 Å². The van der Waals surface area contributed by atoms with Gasteiger partial charge in [0.2, 0.25) is 0 Å². The molecule has 2 aromatic rings. The van der Waals surface area contributed by atoms with Gasteiger partial charge in [0.05, 0.1) is 11.8 Å². The van der Waals surface area contributed by atoms with E-state index < -0.39 is 5.23 Å². The fourth-order valence-electron chi connectivity index (χ4n) is 2.45. The molecule has 1 heterocycles. The van der Waals surface area contributed by atoms with E-state index in [-0.39, 0.29) is 23.3 Å². The minimum Gasteiger partial charge on any atom is -0.595 e. The Morgan fingerprint density at radius 2 is 2.05 bits per heavy atom. The van der Waals surface area contributed by atoms with E-state index in [0.29, 0.717) is 23.3 Å². The molecule has 0 spiro atoms. The van der Waals surface area contributed by atoms with Crippen LogP contribution in [0.2, 0.25) is 0 Å². The van der Waals surface area contributed by atoms with E-state index in [4.69, 9.17) is 5.21 Å². The molecule has 114 valence electrons. The van der Waals surface area contributed by atoms with Crippen LogP contribution in [0.1, 0.15) is 23.6 Å². The van der Waals surface area contributed by atoms with E-state index in [2.05, 4.69) is 10.5 Å². The van der Waals surface area contributed by atoms with Crippen molar-refractivity contribution in [2.75, 3.05) is 0 Å². The molecular formula is C15H14FN3O3. The van der Waals surface area contributed by atoms with Crippen molar-refractivity contribution in [2.24, 2.45) is 5.10 Å². The van der Waals surface area contributed by atoms with Crippen LogP contribution in [0.5, 0.6) is 5.75 Å². The van der Waals surface area contributed by atoms with Gasteiger partial charge in [-0.2, -0.15) is 10.3 Å². The second-order valence-electron chi connectivity index (χ2n) is 5.00. The van der Waals surface area contributed by atoms with Crippen LogP contribution in [0.15, 0.2) is 47.6 Å². The Bertz CT molecular complexity index is 734. The quantitative estimate of drug-likeness (QED) is 0.509. The number of phenols is 1. The van der Waals surface area contributed by atoms with Gasteiger partial charge in [-0.05, 0) is 12.1 Å². The van der Waals surface area contributed by atoms with Crippen LogP contribution in [0.25, 0.3) is 0 Å². The van der Waals surface area contributed by atoms with Gasteiger partial charge < -0.3 is 15.7 Å². The van der Waals surface area contributed by atoms with Crippen LogP contribution < -0.4 is 10.7 Å². The molecule has 0 amide bonds. The highest BCUT2D eigenvalue weighted by atomic mass is 19.1. The van der Waals surface area contributed by atoms with E-state index in [1.54, 1.807) is 18.2 Å². The van der Waals surface area contributed by atoms with Crippen molar-refractivity contribution in [3.63, 3.8) is 0 Å². The largest absolute Gasteiger partial charge is 0.595 e. The zero-order chi connectivity index (χ0) is 15.7. The van der Waals surface area contributed by atoms with Crippen molar-refractivity contribution < 1.29 is 19.9 Å². The average Bonchev–Trinajstić information content (AvgIpc) is 2.97. The summed E-state index contributed by atoms with van der Waals surface area (Å²) >= 11 is 0. The molecule has 4 N–H and O–H groups in total. The molecule has 22 heavy (non-hydrogen) atoms. The molecule has 1 aliphatic heterocycles. The maximum atomic E-state index is 13.8. The van der Waals surface area contributed by atoms with E-state index in [1.165, 1.54) is 24.3 Å². The number of quaternary nitrogens is 1. The van der Waals surface area contributed by atoms with Crippen LogP contribution in [0.4, 0.5) is 10.1 Å². The third kappa shape index (κ3) is 2.64. The maximum Gasteiger partial charge on any atom is 0.164 e. The number of halogens is 1. The number of benzene rings is 2. The first-order valence-electron chi connectivity index (χ1n) is 6.69. The van der Waals surface area contributed by atoms with Crippen molar-refractivity contribution in [2.45, 2.75) is 12.5 Å². The Labute approximate surface area is 125 Å². The number of aromatic hydroxyl groups is 1. The highest BCUT2D eigenvalue weighted by molar-refractivity contribution is 6.04. The Hall–Kier alpha value is -2.48. The molecule has 2 unspecified atom stereocenters. The molecular weight excluding hydrogens is 289 g/mol. The Morgan fingerprint density at radius 1 is 1.27 bits per heavy atom.